The molecule has 0 radical (unpaired) electrons. The number of nitrogens with one attached hydrogen (secondary N) is 3. The van der Waals surface area contributed by atoms with Gasteiger partial charge in [0, 0.05) is 25.8 Å². The summed E-state index contributed by atoms with van der Waals surface area (Å²) in [5.74, 6) is -1.14. The maximum Gasteiger partial charge on any atom is 0.494 e. The van der Waals surface area contributed by atoms with Gasteiger partial charge in [-0.3, -0.25) is 14.9 Å². The molecule has 9 nitrogen and oxygen atoms in total. The minimum Gasteiger partial charge on any atom is -0.413 e. The number of alkyl halides is 2. The molecule has 3 aromatic rings. The van der Waals surface area contributed by atoms with Crippen LogP contribution in [0.2, 0.25) is 5.02 Å². The summed E-state index contributed by atoms with van der Waals surface area (Å²) in [7, 11) is 2.97. The van der Waals surface area contributed by atoms with Crippen LogP contribution in [0.1, 0.15) is 10.4 Å². The van der Waals surface area contributed by atoms with Gasteiger partial charge in [-0.25, -0.2) is 4.98 Å². The highest BCUT2D eigenvalue weighted by molar-refractivity contribution is 6.43. The molecule has 0 aliphatic carbocycles. The number of ether oxygens (including phenoxy) is 1. The van der Waals surface area contributed by atoms with Crippen molar-refractivity contribution in [2.24, 2.45) is 0 Å². The van der Waals surface area contributed by atoms with Gasteiger partial charge in [-0.15, -0.1) is 8.78 Å². The number of nitrogens with zero attached hydrogens (tertiary/aromatic N) is 3. The van der Waals surface area contributed by atoms with Crippen molar-refractivity contribution in [2.75, 3.05) is 30.0 Å². The average Bonchev–Trinajstić information content (AvgIpc) is 3.08. The van der Waals surface area contributed by atoms with Gasteiger partial charge in [-0.1, -0.05) is 23.7 Å². The van der Waals surface area contributed by atoms with E-state index in [1.807, 2.05) is 5.32 Å². The van der Waals surface area contributed by atoms with Gasteiger partial charge in [0.2, 0.25) is 5.95 Å². The van der Waals surface area contributed by atoms with Crippen LogP contribution in [-0.4, -0.2) is 46.9 Å². The maximum absolute atomic E-state index is 13.3. The van der Waals surface area contributed by atoms with Gasteiger partial charge in [0.1, 0.15) is 5.02 Å². The summed E-state index contributed by atoms with van der Waals surface area (Å²) in [6, 6.07) is 10.8. The van der Waals surface area contributed by atoms with Crippen molar-refractivity contribution >= 4 is 52.1 Å². The van der Waals surface area contributed by atoms with Gasteiger partial charge < -0.3 is 20.3 Å². The van der Waals surface area contributed by atoms with Crippen LogP contribution in [0.4, 0.5) is 37.6 Å². The predicted octanol–water partition coefficient (Wildman–Crippen LogP) is 4.24. The molecule has 4 rings (SSSR count). The Bertz CT molecular complexity index is 1250. The number of amides is 1. The molecule has 1 amide bonds. The van der Waals surface area contributed by atoms with E-state index in [4.69, 9.17) is 11.6 Å². The Hall–Kier alpha value is -3.99. The first-order valence-electron chi connectivity index (χ1n) is 9.53. The van der Waals surface area contributed by atoms with Gasteiger partial charge in [0.25, 0.3) is 11.7 Å². The van der Waals surface area contributed by atoms with Gasteiger partial charge >= 0.3 is 6.23 Å². The second-order valence-electron chi connectivity index (χ2n) is 7.17. The third-order valence-corrected chi connectivity index (χ3v) is 4.80. The zero-order valence-electron chi connectivity index (χ0n) is 17.3. The molecular weight excluding hydrogens is 458 g/mol. The standard InChI is InChI=1S/C21H17ClF2N6O3/c1-30(2)19(32)17(31)12-5-3-4-6-14(12)27-18-13(22)10-25-20(28-18)26-11-7-8-15-16(9-11)33-21(23,24)29-15/h3-10,29H,1-2H3,(H2,25,26,27,28). The molecule has 1 aromatic heterocycles. The van der Waals surface area contributed by atoms with Crippen molar-refractivity contribution in [3.63, 3.8) is 0 Å². The molecule has 2 heterocycles. The molecule has 3 N–H and O–H groups in total. The lowest BCUT2D eigenvalue weighted by Crippen LogP contribution is -2.30. The number of aromatic nitrogens is 2. The van der Waals surface area contributed by atoms with Crippen LogP contribution in [0, 0.1) is 0 Å². The van der Waals surface area contributed by atoms with Crippen molar-refractivity contribution in [3.05, 3.63) is 59.2 Å². The Morgan fingerprint density at radius 2 is 1.91 bits per heavy atom. The summed E-state index contributed by atoms with van der Waals surface area (Å²) in [6.45, 7) is 0. The number of anilines is 5. The Labute approximate surface area is 191 Å². The lowest BCUT2D eigenvalue weighted by Gasteiger charge is -2.14. The first-order chi connectivity index (χ1) is 15.6. The van der Waals surface area contributed by atoms with Crippen LogP contribution in [0.3, 0.4) is 0 Å². The molecule has 0 unspecified atom stereocenters. The van der Waals surface area contributed by atoms with E-state index in [0.717, 1.165) is 0 Å². The van der Waals surface area contributed by atoms with E-state index in [9.17, 15) is 18.4 Å². The molecule has 0 saturated heterocycles. The molecule has 0 spiro atoms. The van der Waals surface area contributed by atoms with E-state index in [2.05, 4.69) is 25.3 Å². The van der Waals surface area contributed by atoms with Crippen molar-refractivity contribution in [1.29, 1.82) is 0 Å². The minimum absolute atomic E-state index is 0.0321. The second kappa shape index (κ2) is 8.51. The molecule has 33 heavy (non-hydrogen) atoms. The predicted molar refractivity (Wildman–Crippen MR) is 119 cm³/mol. The normalized spacial score (nSPS) is 13.4. The molecule has 0 fully saturated rings. The molecule has 0 saturated carbocycles. The summed E-state index contributed by atoms with van der Waals surface area (Å²) < 4.78 is 31.2. The molecule has 0 atom stereocenters. The van der Waals surface area contributed by atoms with Crippen molar-refractivity contribution in [2.45, 2.75) is 6.23 Å². The minimum atomic E-state index is -3.48. The summed E-state index contributed by atoms with van der Waals surface area (Å²) in [5.41, 5.74) is 1.01. The lowest BCUT2D eigenvalue weighted by molar-refractivity contribution is -0.138. The van der Waals surface area contributed by atoms with E-state index in [1.54, 1.807) is 24.3 Å². The monoisotopic (exact) mass is 474 g/mol. The Balaban J connectivity index is 1.58. The number of ketones is 1. The van der Waals surface area contributed by atoms with E-state index in [-0.39, 0.29) is 33.8 Å². The smallest absolute Gasteiger partial charge is 0.413 e. The van der Waals surface area contributed by atoms with Crippen molar-refractivity contribution in [3.8, 4) is 5.75 Å². The van der Waals surface area contributed by atoms with Gasteiger partial charge in [-0.2, -0.15) is 4.98 Å². The van der Waals surface area contributed by atoms with Crippen LogP contribution in [0.5, 0.6) is 5.75 Å². The van der Waals surface area contributed by atoms with E-state index < -0.39 is 17.9 Å². The van der Waals surface area contributed by atoms with Crippen LogP contribution in [-0.2, 0) is 4.79 Å². The molecule has 1 aliphatic rings. The van der Waals surface area contributed by atoms with Crippen LogP contribution in [0.25, 0.3) is 0 Å². The summed E-state index contributed by atoms with van der Waals surface area (Å²) >= 11 is 6.22. The topological polar surface area (TPSA) is 108 Å². The molecular formula is C21H17ClF2N6O3. The number of para-hydroxylation sites is 1. The lowest BCUT2D eigenvalue weighted by atomic mass is 10.1. The average molecular weight is 475 g/mol. The van der Waals surface area contributed by atoms with Gasteiger partial charge in [-0.05, 0) is 24.3 Å². The molecule has 170 valence electrons. The van der Waals surface area contributed by atoms with E-state index in [0.29, 0.717) is 11.4 Å². The maximum atomic E-state index is 13.3. The highest BCUT2D eigenvalue weighted by atomic mass is 35.5. The molecule has 2 aromatic carbocycles. The quantitative estimate of drug-likeness (QED) is 0.276. The zero-order chi connectivity index (χ0) is 23.8. The number of hydrogen-bond donors (Lipinski definition) is 3. The number of likely N-dealkylation sites (N-methyl/N-ethyl adjacent to an activating group) is 1. The number of benzene rings is 2. The number of Topliss-reactive ketones (excluding diaryl/α,β-unsaturated/α-hetero) is 1. The number of hydrogen-bond acceptors (Lipinski definition) is 8. The third-order valence-electron chi connectivity index (χ3n) is 4.53. The fourth-order valence-electron chi connectivity index (χ4n) is 2.99. The van der Waals surface area contributed by atoms with Crippen LogP contribution < -0.4 is 20.7 Å². The van der Waals surface area contributed by atoms with Crippen molar-refractivity contribution < 1.29 is 23.1 Å². The first kappa shape index (κ1) is 22.2. The number of halogens is 3. The summed E-state index contributed by atoms with van der Waals surface area (Å²) in [6.07, 6.45) is -2.15. The zero-order valence-corrected chi connectivity index (χ0v) is 18.1. The van der Waals surface area contributed by atoms with Gasteiger partial charge in [0.15, 0.2) is 11.6 Å². The number of rotatable bonds is 6. The van der Waals surface area contributed by atoms with Crippen molar-refractivity contribution in [1.82, 2.24) is 14.9 Å². The fourth-order valence-corrected chi connectivity index (χ4v) is 3.13. The van der Waals surface area contributed by atoms with Crippen LogP contribution >= 0.6 is 11.6 Å². The molecule has 12 heteroatoms. The summed E-state index contributed by atoms with van der Waals surface area (Å²) in [4.78, 5) is 34.2. The first-order valence-corrected chi connectivity index (χ1v) is 9.91. The third kappa shape index (κ3) is 4.77. The van der Waals surface area contributed by atoms with E-state index >= 15 is 0 Å². The SMILES string of the molecule is CN(C)C(=O)C(=O)c1ccccc1Nc1nc(Nc2ccc3c(c2)OC(F)(F)N3)ncc1Cl. The summed E-state index contributed by atoms with van der Waals surface area (Å²) in [5, 5.41) is 7.93. The number of carbonyl (C=O) groups is 2. The Kier molecular flexibility index (Phi) is 5.73. The Morgan fingerprint density at radius 3 is 2.67 bits per heavy atom. The highest BCUT2D eigenvalue weighted by Gasteiger charge is 2.39. The largest absolute Gasteiger partial charge is 0.494 e. The van der Waals surface area contributed by atoms with E-state index in [1.165, 1.54) is 43.4 Å². The molecule has 1 aliphatic heterocycles. The Morgan fingerprint density at radius 1 is 1.15 bits per heavy atom. The second-order valence-corrected chi connectivity index (χ2v) is 7.58. The van der Waals surface area contributed by atoms with Crippen LogP contribution in [0.15, 0.2) is 48.7 Å². The van der Waals surface area contributed by atoms with Gasteiger partial charge in [0.05, 0.1) is 23.1 Å². The molecule has 0 bridgehead atoms. The highest BCUT2D eigenvalue weighted by Crippen LogP contribution is 2.40. The number of carbonyl (C=O) groups excluding carboxylic acids is 2. The fraction of sp³-hybridized carbons (Fsp3) is 0.143. The number of fused-ring (bicyclic) bond motifs is 1.